The molecule has 1 aliphatic heterocycles. The molecule has 1 atom stereocenters. The van der Waals surface area contributed by atoms with Crippen LogP contribution >= 0.6 is 0 Å². The van der Waals surface area contributed by atoms with Gasteiger partial charge in [0.15, 0.2) is 0 Å². The van der Waals surface area contributed by atoms with Gasteiger partial charge in [-0.05, 0) is 24.6 Å². The molecule has 0 aromatic heterocycles. The third-order valence-corrected chi connectivity index (χ3v) is 3.26. The predicted octanol–water partition coefficient (Wildman–Crippen LogP) is 2.29. The molecule has 1 aliphatic rings. The Morgan fingerprint density at radius 2 is 2.18 bits per heavy atom. The molecular formula is C14H15F3N2O3. The van der Waals surface area contributed by atoms with Crippen molar-refractivity contribution < 1.29 is 28.2 Å². The second kappa shape index (κ2) is 5.53. The number of carbonyl (C=O) groups excluding carboxylic acids is 1. The van der Waals surface area contributed by atoms with Crippen LogP contribution in [0.25, 0.3) is 0 Å². The van der Waals surface area contributed by atoms with Crippen molar-refractivity contribution >= 4 is 5.91 Å². The second-order valence-electron chi connectivity index (χ2n) is 4.93. The lowest BCUT2D eigenvalue weighted by Gasteiger charge is -2.33. The maximum Gasteiger partial charge on any atom is 0.438 e. The summed E-state index contributed by atoms with van der Waals surface area (Å²) in [5, 5.41) is 19.5. The fraction of sp³-hybridized carbons (Fsp3) is 0.357. The summed E-state index contributed by atoms with van der Waals surface area (Å²) in [5.74, 6) is -1.35. The van der Waals surface area contributed by atoms with E-state index in [0.717, 1.165) is 6.07 Å². The summed E-state index contributed by atoms with van der Waals surface area (Å²) in [6.07, 6.45) is -3.89. The lowest BCUT2D eigenvalue weighted by atomic mass is 10.1. The first kappa shape index (κ1) is 16.2. The van der Waals surface area contributed by atoms with Gasteiger partial charge in [-0.1, -0.05) is 19.1 Å². The monoisotopic (exact) mass is 316 g/mol. The first-order valence-corrected chi connectivity index (χ1v) is 6.57. The molecule has 0 saturated carbocycles. The summed E-state index contributed by atoms with van der Waals surface area (Å²) in [6, 6.07) is 4.89. The normalized spacial score (nSPS) is 23.7. The summed E-state index contributed by atoms with van der Waals surface area (Å²) in [4.78, 5) is 12.3. The van der Waals surface area contributed by atoms with Crippen LogP contribution in [0, 0.1) is 0 Å². The fourth-order valence-corrected chi connectivity index (χ4v) is 2.20. The molecule has 1 unspecified atom stereocenters. The van der Waals surface area contributed by atoms with Crippen molar-refractivity contribution in [2.75, 3.05) is 0 Å². The van der Waals surface area contributed by atoms with Gasteiger partial charge >= 0.3 is 6.18 Å². The number of phenols is 1. The molecule has 5 nitrogen and oxygen atoms in total. The highest BCUT2D eigenvalue weighted by atomic mass is 19.4. The lowest BCUT2D eigenvalue weighted by molar-refractivity contribution is -0.299. The van der Waals surface area contributed by atoms with Crippen molar-refractivity contribution in [1.29, 1.82) is 0 Å². The predicted molar refractivity (Wildman–Crippen MR) is 71.4 cm³/mol. The quantitative estimate of drug-likeness (QED) is 0.783. The maximum atomic E-state index is 13.2. The van der Waals surface area contributed by atoms with Crippen LogP contribution in [0.5, 0.6) is 5.75 Å². The Bertz CT molecular complexity index is 616. The molecule has 0 spiro atoms. The van der Waals surface area contributed by atoms with Gasteiger partial charge in [-0.25, -0.2) is 5.01 Å². The van der Waals surface area contributed by atoms with E-state index in [1.165, 1.54) is 24.3 Å². The number of amides is 1. The van der Waals surface area contributed by atoms with Gasteiger partial charge in [0.05, 0.1) is 0 Å². The second-order valence-corrected chi connectivity index (χ2v) is 4.93. The van der Waals surface area contributed by atoms with Crippen molar-refractivity contribution in [3.05, 3.63) is 41.6 Å². The van der Waals surface area contributed by atoms with Gasteiger partial charge < -0.3 is 10.2 Å². The Morgan fingerprint density at radius 3 is 2.73 bits per heavy atom. The number of hydrazine groups is 1. The van der Waals surface area contributed by atoms with Crippen molar-refractivity contribution in [3.8, 4) is 5.75 Å². The van der Waals surface area contributed by atoms with Crippen LogP contribution in [0.15, 0.2) is 36.0 Å². The molecule has 3 N–H and O–H groups in total. The number of halogens is 3. The largest absolute Gasteiger partial charge is 0.508 e. The Hall–Kier alpha value is -2.22. The van der Waals surface area contributed by atoms with Crippen LogP contribution in [0.4, 0.5) is 13.2 Å². The van der Waals surface area contributed by atoms with E-state index in [1.54, 1.807) is 6.92 Å². The highest BCUT2D eigenvalue weighted by molar-refractivity contribution is 5.95. The number of hydrogen-bond acceptors (Lipinski definition) is 4. The summed E-state index contributed by atoms with van der Waals surface area (Å²) in [7, 11) is 0. The van der Waals surface area contributed by atoms with E-state index >= 15 is 0 Å². The first-order valence-electron chi connectivity index (χ1n) is 6.57. The zero-order valence-electron chi connectivity index (χ0n) is 11.7. The molecule has 1 heterocycles. The average Bonchev–Trinajstić information content (AvgIpc) is 2.76. The van der Waals surface area contributed by atoms with Crippen LogP contribution in [-0.4, -0.2) is 33.0 Å². The Balaban J connectivity index is 2.42. The van der Waals surface area contributed by atoms with E-state index in [1.807, 2.05) is 0 Å². The van der Waals surface area contributed by atoms with Gasteiger partial charge in [0.2, 0.25) is 0 Å². The molecule has 0 aliphatic carbocycles. The van der Waals surface area contributed by atoms with Gasteiger partial charge in [-0.3, -0.25) is 10.2 Å². The molecule has 8 heteroatoms. The van der Waals surface area contributed by atoms with Crippen LogP contribution in [0.3, 0.4) is 0 Å². The Labute approximate surface area is 124 Å². The third kappa shape index (κ3) is 2.74. The van der Waals surface area contributed by atoms with Crippen molar-refractivity contribution in [3.63, 3.8) is 0 Å². The Kier molecular flexibility index (Phi) is 4.06. The van der Waals surface area contributed by atoms with Gasteiger partial charge in [-0.15, -0.1) is 0 Å². The minimum atomic E-state index is -5.03. The zero-order valence-corrected chi connectivity index (χ0v) is 11.7. The molecule has 1 aromatic rings. The first-order chi connectivity index (χ1) is 10.2. The smallest absolute Gasteiger partial charge is 0.438 e. The number of nitrogens with one attached hydrogen (secondary N) is 1. The number of aliphatic hydroxyl groups is 1. The van der Waals surface area contributed by atoms with Gasteiger partial charge in [0.25, 0.3) is 11.6 Å². The molecular weight excluding hydrogens is 301 g/mol. The minimum absolute atomic E-state index is 0.107. The maximum absolute atomic E-state index is 13.2. The number of hydrogen-bond donors (Lipinski definition) is 3. The van der Waals surface area contributed by atoms with E-state index in [9.17, 15) is 28.2 Å². The SMILES string of the molecule is CCC=C1CC(O)(C(F)(F)F)N(C(=O)c2cccc(O)c2)N1. The fourth-order valence-electron chi connectivity index (χ4n) is 2.20. The topological polar surface area (TPSA) is 72.8 Å². The lowest BCUT2D eigenvalue weighted by Crippen LogP contribution is -2.59. The van der Waals surface area contributed by atoms with Crippen molar-refractivity contribution in [1.82, 2.24) is 10.4 Å². The van der Waals surface area contributed by atoms with Crippen LogP contribution in [0.1, 0.15) is 30.1 Å². The highest BCUT2D eigenvalue weighted by Crippen LogP contribution is 2.41. The zero-order chi connectivity index (χ0) is 16.5. The average molecular weight is 316 g/mol. The number of benzene rings is 1. The van der Waals surface area contributed by atoms with E-state index in [-0.39, 0.29) is 22.0 Å². The van der Waals surface area contributed by atoms with E-state index in [0.29, 0.717) is 6.42 Å². The molecule has 1 amide bonds. The summed E-state index contributed by atoms with van der Waals surface area (Å²) >= 11 is 0. The van der Waals surface area contributed by atoms with Crippen LogP contribution in [-0.2, 0) is 0 Å². The molecule has 120 valence electrons. The summed E-state index contributed by atoms with van der Waals surface area (Å²) < 4.78 is 39.6. The number of rotatable bonds is 2. The molecule has 0 bridgehead atoms. The molecule has 2 rings (SSSR count). The summed E-state index contributed by atoms with van der Waals surface area (Å²) in [6.45, 7) is 1.72. The molecule has 0 radical (unpaired) electrons. The molecule has 1 fully saturated rings. The van der Waals surface area contributed by atoms with E-state index < -0.39 is 24.2 Å². The van der Waals surface area contributed by atoms with E-state index in [2.05, 4.69) is 5.43 Å². The van der Waals surface area contributed by atoms with Gasteiger partial charge in [-0.2, -0.15) is 13.2 Å². The van der Waals surface area contributed by atoms with E-state index in [4.69, 9.17) is 0 Å². The molecule has 1 aromatic carbocycles. The minimum Gasteiger partial charge on any atom is -0.508 e. The van der Waals surface area contributed by atoms with Crippen LogP contribution in [0.2, 0.25) is 0 Å². The van der Waals surface area contributed by atoms with Crippen molar-refractivity contribution in [2.45, 2.75) is 31.7 Å². The van der Waals surface area contributed by atoms with Gasteiger partial charge in [0, 0.05) is 17.7 Å². The summed E-state index contributed by atoms with van der Waals surface area (Å²) in [5.41, 5.74) is -1.10. The van der Waals surface area contributed by atoms with Crippen LogP contribution < -0.4 is 5.43 Å². The third-order valence-electron chi connectivity index (χ3n) is 3.26. The Morgan fingerprint density at radius 1 is 1.50 bits per heavy atom. The number of alkyl halides is 3. The van der Waals surface area contributed by atoms with Crippen molar-refractivity contribution in [2.24, 2.45) is 0 Å². The number of nitrogens with zero attached hydrogens (tertiary/aromatic N) is 1. The number of carbonyl (C=O) groups is 1. The number of aromatic hydroxyl groups is 1. The molecule has 1 saturated heterocycles. The number of phenolic OH excluding ortho intramolecular Hbond substituents is 1. The standard InChI is InChI=1S/C14H15F3N2O3/c1-2-4-10-8-13(22,14(15,16)17)19(18-10)12(21)9-5-3-6-11(20)7-9/h3-7,18,20,22H,2,8H2,1H3. The molecule has 22 heavy (non-hydrogen) atoms. The van der Waals surface area contributed by atoms with Gasteiger partial charge in [0.1, 0.15) is 5.75 Å². The number of allylic oxidation sites excluding steroid dienone is 1. The highest BCUT2D eigenvalue weighted by Gasteiger charge is 2.63.